The lowest BCUT2D eigenvalue weighted by atomic mass is 10.1. The highest BCUT2D eigenvalue weighted by molar-refractivity contribution is 5.94. The molecule has 0 saturated carbocycles. The molecule has 0 aliphatic heterocycles. The summed E-state index contributed by atoms with van der Waals surface area (Å²) >= 11 is 0. The van der Waals surface area contributed by atoms with Gasteiger partial charge in [0.25, 0.3) is 0 Å². The van der Waals surface area contributed by atoms with Crippen molar-refractivity contribution in [2.75, 3.05) is 12.3 Å². The molecule has 0 atom stereocenters. The molecule has 14 heavy (non-hydrogen) atoms. The van der Waals surface area contributed by atoms with Crippen molar-refractivity contribution in [2.24, 2.45) is 0 Å². The summed E-state index contributed by atoms with van der Waals surface area (Å²) in [4.78, 5) is 10.8. The minimum atomic E-state index is -1.03. The Morgan fingerprint density at radius 1 is 1.50 bits per heavy atom. The van der Waals surface area contributed by atoms with Crippen LogP contribution in [0.1, 0.15) is 15.9 Å². The average molecular weight is 193 g/mol. The number of carbonyl (C=O) groups is 1. The van der Waals surface area contributed by atoms with Crippen LogP contribution >= 0.6 is 0 Å². The lowest BCUT2D eigenvalue weighted by molar-refractivity contribution is 0.0696. The Kier molecular flexibility index (Phi) is 3.25. The predicted octanol–water partition coefficient (Wildman–Crippen LogP) is 0.972. The van der Waals surface area contributed by atoms with E-state index in [4.69, 9.17) is 15.9 Å². The van der Waals surface area contributed by atoms with E-state index < -0.39 is 5.97 Å². The number of nitrogen functional groups attached to an aromatic ring is 1. The molecular weight excluding hydrogens is 182 g/mol. The van der Waals surface area contributed by atoms with Crippen molar-refractivity contribution in [3.8, 4) is 0 Å². The van der Waals surface area contributed by atoms with Gasteiger partial charge < -0.3 is 15.9 Å². The van der Waals surface area contributed by atoms with Gasteiger partial charge in [-0.3, -0.25) is 0 Å². The summed E-state index contributed by atoms with van der Waals surface area (Å²) in [5.41, 5.74) is 6.55. The molecule has 1 aromatic carbocycles. The summed E-state index contributed by atoms with van der Waals surface area (Å²) in [6, 6.07) is 4.66. The van der Waals surface area contributed by atoms with E-state index in [-0.39, 0.29) is 12.2 Å². The summed E-state index contributed by atoms with van der Waals surface area (Å²) in [5, 5.41) is 17.4. The van der Waals surface area contributed by atoms with E-state index in [2.05, 4.69) is 0 Å². The molecule has 0 aliphatic rings. The summed E-state index contributed by atoms with van der Waals surface area (Å²) in [5.74, 6) is -1.03. The van der Waals surface area contributed by atoms with Crippen molar-refractivity contribution in [1.82, 2.24) is 0 Å². The van der Waals surface area contributed by atoms with Crippen molar-refractivity contribution >= 4 is 17.7 Å². The molecule has 1 aromatic rings. The number of hydrogen-bond donors (Lipinski definition) is 3. The van der Waals surface area contributed by atoms with Gasteiger partial charge in [-0.25, -0.2) is 4.79 Å². The Morgan fingerprint density at radius 3 is 2.79 bits per heavy atom. The van der Waals surface area contributed by atoms with E-state index in [0.29, 0.717) is 11.3 Å². The van der Waals surface area contributed by atoms with Crippen LogP contribution < -0.4 is 5.73 Å². The topological polar surface area (TPSA) is 83.6 Å². The van der Waals surface area contributed by atoms with Crippen LogP contribution in [0.2, 0.25) is 0 Å². The molecular formula is C10H11NO3. The molecule has 0 bridgehead atoms. The second-order valence-electron chi connectivity index (χ2n) is 2.70. The van der Waals surface area contributed by atoms with E-state index >= 15 is 0 Å². The Balaban J connectivity index is 3.22. The molecule has 0 saturated heterocycles. The van der Waals surface area contributed by atoms with Crippen LogP contribution in [-0.4, -0.2) is 22.8 Å². The van der Waals surface area contributed by atoms with Crippen LogP contribution in [-0.2, 0) is 0 Å². The minimum absolute atomic E-state index is 0.134. The molecule has 74 valence electrons. The molecule has 0 unspecified atom stereocenters. The van der Waals surface area contributed by atoms with Crippen molar-refractivity contribution in [2.45, 2.75) is 0 Å². The Hall–Kier alpha value is -1.81. The molecule has 0 spiro atoms. The van der Waals surface area contributed by atoms with Crippen molar-refractivity contribution < 1.29 is 15.0 Å². The number of hydrogen-bond acceptors (Lipinski definition) is 3. The normalized spacial score (nSPS) is 10.6. The molecule has 4 heteroatoms. The second-order valence-corrected chi connectivity index (χ2v) is 2.70. The monoisotopic (exact) mass is 193 g/mol. The highest BCUT2D eigenvalue weighted by Gasteiger charge is 2.09. The predicted molar refractivity (Wildman–Crippen MR) is 53.9 cm³/mol. The minimum Gasteiger partial charge on any atom is -0.478 e. The zero-order valence-corrected chi connectivity index (χ0v) is 7.47. The standard InChI is InChI=1S/C10H11NO3/c11-9-5-1-3-8(10(13)14)7(9)4-2-6-12/h1-5,12H,6,11H2,(H,13,14). The molecule has 1 rings (SSSR count). The first-order valence-electron chi connectivity index (χ1n) is 4.06. The van der Waals surface area contributed by atoms with Crippen LogP contribution in [0.5, 0.6) is 0 Å². The van der Waals surface area contributed by atoms with Gasteiger partial charge in [0.15, 0.2) is 0 Å². The number of rotatable bonds is 3. The average Bonchev–Trinajstić information content (AvgIpc) is 2.15. The van der Waals surface area contributed by atoms with Crippen LogP contribution in [0, 0.1) is 0 Å². The van der Waals surface area contributed by atoms with Crippen LogP contribution in [0.4, 0.5) is 5.69 Å². The fraction of sp³-hybridized carbons (Fsp3) is 0.100. The molecule has 0 amide bonds. The van der Waals surface area contributed by atoms with Gasteiger partial charge in [0.1, 0.15) is 0 Å². The zero-order valence-electron chi connectivity index (χ0n) is 7.47. The maximum Gasteiger partial charge on any atom is 0.336 e. The van der Waals surface area contributed by atoms with E-state index in [1.165, 1.54) is 18.2 Å². The third kappa shape index (κ3) is 2.11. The summed E-state index contributed by atoms with van der Waals surface area (Å²) in [7, 11) is 0. The number of carboxylic acids is 1. The summed E-state index contributed by atoms with van der Waals surface area (Å²) in [6.45, 7) is -0.145. The molecule has 0 aliphatic carbocycles. The fourth-order valence-electron chi connectivity index (χ4n) is 1.13. The Bertz CT molecular complexity index is 372. The fourth-order valence-corrected chi connectivity index (χ4v) is 1.13. The molecule has 4 nitrogen and oxygen atoms in total. The van der Waals surface area contributed by atoms with Gasteiger partial charge in [-0.2, -0.15) is 0 Å². The molecule has 0 aromatic heterocycles. The van der Waals surface area contributed by atoms with E-state index in [1.807, 2.05) is 0 Å². The van der Waals surface area contributed by atoms with Gasteiger partial charge in [0.05, 0.1) is 12.2 Å². The summed E-state index contributed by atoms with van der Waals surface area (Å²) < 4.78 is 0. The second kappa shape index (κ2) is 4.43. The van der Waals surface area contributed by atoms with Crippen LogP contribution in [0.25, 0.3) is 6.08 Å². The lowest BCUT2D eigenvalue weighted by Gasteiger charge is -2.04. The number of anilines is 1. The largest absolute Gasteiger partial charge is 0.478 e. The van der Waals surface area contributed by atoms with Gasteiger partial charge in [0.2, 0.25) is 0 Å². The number of benzene rings is 1. The number of aromatic carboxylic acids is 1. The molecule has 0 fully saturated rings. The van der Waals surface area contributed by atoms with Crippen LogP contribution in [0.15, 0.2) is 24.3 Å². The van der Waals surface area contributed by atoms with Crippen molar-refractivity contribution in [1.29, 1.82) is 0 Å². The number of nitrogens with two attached hydrogens (primary N) is 1. The maximum absolute atomic E-state index is 10.8. The first kappa shape index (κ1) is 10.3. The Morgan fingerprint density at radius 2 is 2.21 bits per heavy atom. The SMILES string of the molecule is Nc1cccc(C(=O)O)c1C=CCO. The maximum atomic E-state index is 10.8. The van der Waals surface area contributed by atoms with E-state index in [1.54, 1.807) is 12.1 Å². The first-order chi connectivity index (χ1) is 6.66. The quantitative estimate of drug-likeness (QED) is 0.624. The summed E-state index contributed by atoms with van der Waals surface area (Å²) in [6.07, 6.45) is 2.94. The molecule has 0 radical (unpaired) electrons. The van der Waals surface area contributed by atoms with Gasteiger partial charge in [-0.1, -0.05) is 18.2 Å². The lowest BCUT2D eigenvalue weighted by Crippen LogP contribution is -2.02. The van der Waals surface area contributed by atoms with Gasteiger partial charge in [-0.05, 0) is 12.1 Å². The van der Waals surface area contributed by atoms with Crippen LogP contribution in [0.3, 0.4) is 0 Å². The number of aliphatic hydroxyl groups is 1. The smallest absolute Gasteiger partial charge is 0.336 e. The van der Waals surface area contributed by atoms with Gasteiger partial charge >= 0.3 is 5.97 Å². The molecule has 0 heterocycles. The van der Waals surface area contributed by atoms with Crippen molar-refractivity contribution in [3.63, 3.8) is 0 Å². The van der Waals surface area contributed by atoms with Gasteiger partial charge in [-0.15, -0.1) is 0 Å². The van der Waals surface area contributed by atoms with Crippen molar-refractivity contribution in [3.05, 3.63) is 35.4 Å². The third-order valence-electron chi connectivity index (χ3n) is 1.76. The Labute approximate surface area is 81.3 Å². The van der Waals surface area contributed by atoms with Gasteiger partial charge in [0, 0.05) is 11.3 Å². The molecule has 4 N–H and O–H groups in total. The first-order valence-corrected chi connectivity index (χ1v) is 4.06. The highest BCUT2D eigenvalue weighted by atomic mass is 16.4. The zero-order chi connectivity index (χ0) is 10.6. The highest BCUT2D eigenvalue weighted by Crippen LogP contribution is 2.18. The number of aliphatic hydroxyl groups excluding tert-OH is 1. The van der Waals surface area contributed by atoms with E-state index in [9.17, 15) is 4.79 Å². The number of carboxylic acid groups (broad SMARTS) is 1. The third-order valence-corrected chi connectivity index (χ3v) is 1.76. The van der Waals surface area contributed by atoms with E-state index in [0.717, 1.165) is 0 Å².